The van der Waals surface area contributed by atoms with E-state index in [0.29, 0.717) is 12.1 Å². The van der Waals surface area contributed by atoms with Gasteiger partial charge in [-0.15, -0.1) is 0 Å². The van der Waals surface area contributed by atoms with Crippen molar-refractivity contribution >= 4 is 23.2 Å². The van der Waals surface area contributed by atoms with Crippen LogP contribution in [0.3, 0.4) is 0 Å². The maximum Gasteiger partial charge on any atom is 0.251 e. The lowest BCUT2D eigenvalue weighted by Crippen LogP contribution is -2.31. The van der Waals surface area contributed by atoms with E-state index >= 15 is 0 Å². The molecule has 6 nitrogen and oxygen atoms in total. The number of rotatable bonds is 7. The van der Waals surface area contributed by atoms with E-state index in [0.717, 1.165) is 36.4 Å². The average molecular weight is 367 g/mol. The first kappa shape index (κ1) is 18.9. The van der Waals surface area contributed by atoms with Crippen LogP contribution in [-0.2, 0) is 9.53 Å². The van der Waals surface area contributed by atoms with Crippen molar-refractivity contribution < 1.29 is 14.3 Å². The Morgan fingerprint density at radius 2 is 1.74 bits per heavy atom. The zero-order chi connectivity index (χ0) is 19.1. The molecular weight excluding hydrogens is 342 g/mol. The lowest BCUT2D eigenvalue weighted by molar-refractivity contribution is -0.114. The van der Waals surface area contributed by atoms with Gasteiger partial charge in [0.1, 0.15) is 0 Å². The topological polar surface area (TPSA) is 79.5 Å². The molecule has 1 unspecified atom stereocenters. The Bertz CT molecular complexity index is 766. The van der Waals surface area contributed by atoms with Crippen LogP contribution < -0.4 is 16.0 Å². The van der Waals surface area contributed by atoms with Crippen molar-refractivity contribution in [2.75, 3.05) is 30.3 Å². The highest BCUT2D eigenvalue weighted by atomic mass is 16.5. The van der Waals surface area contributed by atoms with E-state index in [-0.39, 0.29) is 24.5 Å². The molecule has 3 N–H and O–H groups in total. The van der Waals surface area contributed by atoms with Crippen LogP contribution in [0.4, 0.5) is 11.4 Å². The van der Waals surface area contributed by atoms with Crippen molar-refractivity contribution in [1.29, 1.82) is 0 Å². The molecule has 2 aromatic rings. The van der Waals surface area contributed by atoms with Crippen LogP contribution in [0.1, 0.15) is 28.8 Å². The van der Waals surface area contributed by atoms with Crippen molar-refractivity contribution in [2.24, 2.45) is 0 Å². The smallest absolute Gasteiger partial charge is 0.251 e. The predicted molar refractivity (Wildman–Crippen MR) is 106 cm³/mol. The van der Waals surface area contributed by atoms with E-state index in [2.05, 4.69) is 16.0 Å². The first-order valence-corrected chi connectivity index (χ1v) is 9.20. The largest absolute Gasteiger partial charge is 0.376 e. The molecule has 2 amide bonds. The first-order chi connectivity index (χ1) is 13.1. The number of anilines is 2. The van der Waals surface area contributed by atoms with Gasteiger partial charge in [0.05, 0.1) is 12.6 Å². The summed E-state index contributed by atoms with van der Waals surface area (Å²) >= 11 is 0. The number of nitrogens with one attached hydrogen (secondary N) is 3. The normalized spacial score (nSPS) is 16.0. The van der Waals surface area contributed by atoms with Gasteiger partial charge in [0.2, 0.25) is 5.91 Å². The molecule has 0 saturated carbocycles. The minimum Gasteiger partial charge on any atom is -0.376 e. The van der Waals surface area contributed by atoms with Crippen molar-refractivity contribution in [3.63, 3.8) is 0 Å². The quantitative estimate of drug-likeness (QED) is 0.703. The fraction of sp³-hybridized carbons (Fsp3) is 0.333. The predicted octanol–water partition coefficient (Wildman–Crippen LogP) is 2.95. The number of ether oxygens (including phenoxy) is 1. The third kappa shape index (κ3) is 5.82. The SMILES string of the molecule is Cc1ccc(NC(=O)CNc2ccc(C(=O)NCC3CCCO3)cc2)cc1. The maximum atomic E-state index is 12.2. The molecule has 1 atom stereocenters. The minimum atomic E-state index is -0.128. The van der Waals surface area contributed by atoms with Crippen molar-refractivity contribution in [3.05, 3.63) is 59.7 Å². The molecule has 1 aliphatic rings. The van der Waals surface area contributed by atoms with Crippen LogP contribution in [-0.4, -0.2) is 37.6 Å². The summed E-state index contributed by atoms with van der Waals surface area (Å²) in [5.41, 5.74) is 3.28. The molecule has 1 saturated heterocycles. The maximum absolute atomic E-state index is 12.2. The highest BCUT2D eigenvalue weighted by molar-refractivity contribution is 5.95. The third-order valence-corrected chi connectivity index (χ3v) is 4.45. The number of carbonyl (C=O) groups excluding carboxylic acids is 2. The Labute approximate surface area is 159 Å². The van der Waals surface area contributed by atoms with Crippen molar-refractivity contribution in [3.8, 4) is 0 Å². The second-order valence-corrected chi connectivity index (χ2v) is 6.69. The highest BCUT2D eigenvalue weighted by Crippen LogP contribution is 2.13. The van der Waals surface area contributed by atoms with Gasteiger partial charge in [-0.1, -0.05) is 17.7 Å². The van der Waals surface area contributed by atoms with E-state index in [1.807, 2.05) is 31.2 Å². The number of hydrogen-bond acceptors (Lipinski definition) is 4. The van der Waals surface area contributed by atoms with Crippen molar-refractivity contribution in [1.82, 2.24) is 5.32 Å². The fourth-order valence-electron chi connectivity index (χ4n) is 2.88. The first-order valence-electron chi connectivity index (χ1n) is 9.20. The van der Waals surface area contributed by atoms with E-state index < -0.39 is 0 Å². The van der Waals surface area contributed by atoms with Crippen LogP contribution in [0.2, 0.25) is 0 Å². The van der Waals surface area contributed by atoms with Gasteiger partial charge in [0.15, 0.2) is 0 Å². The molecule has 1 heterocycles. The molecule has 27 heavy (non-hydrogen) atoms. The fourth-order valence-corrected chi connectivity index (χ4v) is 2.88. The minimum absolute atomic E-state index is 0.117. The van der Waals surface area contributed by atoms with Gasteiger partial charge in [-0.05, 0) is 56.2 Å². The second kappa shape index (κ2) is 9.19. The second-order valence-electron chi connectivity index (χ2n) is 6.69. The van der Waals surface area contributed by atoms with E-state index in [4.69, 9.17) is 4.74 Å². The van der Waals surface area contributed by atoms with E-state index in [1.54, 1.807) is 24.3 Å². The van der Waals surface area contributed by atoms with Gasteiger partial charge in [-0.2, -0.15) is 0 Å². The van der Waals surface area contributed by atoms with Gasteiger partial charge in [0, 0.05) is 30.1 Å². The Hall–Kier alpha value is -2.86. The summed E-state index contributed by atoms with van der Waals surface area (Å²) in [6.07, 6.45) is 2.17. The summed E-state index contributed by atoms with van der Waals surface area (Å²) in [7, 11) is 0. The Balaban J connectivity index is 1.43. The molecule has 0 spiro atoms. The zero-order valence-electron chi connectivity index (χ0n) is 15.5. The summed E-state index contributed by atoms with van der Waals surface area (Å²) in [5, 5.41) is 8.78. The summed E-state index contributed by atoms with van der Waals surface area (Å²) < 4.78 is 5.50. The van der Waals surface area contributed by atoms with E-state index in [9.17, 15) is 9.59 Å². The molecule has 2 aromatic carbocycles. The number of carbonyl (C=O) groups is 2. The van der Waals surface area contributed by atoms with E-state index in [1.165, 1.54) is 0 Å². The van der Waals surface area contributed by atoms with Crippen molar-refractivity contribution in [2.45, 2.75) is 25.9 Å². The molecule has 0 bridgehead atoms. The van der Waals surface area contributed by atoms with Gasteiger partial charge < -0.3 is 20.7 Å². The van der Waals surface area contributed by atoms with Gasteiger partial charge >= 0.3 is 0 Å². The molecule has 3 rings (SSSR count). The highest BCUT2D eigenvalue weighted by Gasteiger charge is 2.16. The summed E-state index contributed by atoms with van der Waals surface area (Å²) in [6, 6.07) is 14.7. The molecule has 142 valence electrons. The Morgan fingerprint density at radius 1 is 1.04 bits per heavy atom. The lowest BCUT2D eigenvalue weighted by Gasteiger charge is -2.11. The number of aryl methyl sites for hydroxylation is 1. The number of benzene rings is 2. The molecule has 1 fully saturated rings. The van der Waals surface area contributed by atoms with Gasteiger partial charge in [-0.3, -0.25) is 9.59 Å². The van der Waals surface area contributed by atoms with Crippen LogP contribution in [0, 0.1) is 6.92 Å². The molecule has 0 aliphatic carbocycles. The van der Waals surface area contributed by atoms with Crippen LogP contribution >= 0.6 is 0 Å². The monoisotopic (exact) mass is 367 g/mol. The van der Waals surface area contributed by atoms with Crippen LogP contribution in [0.5, 0.6) is 0 Å². The molecule has 0 radical (unpaired) electrons. The number of amides is 2. The third-order valence-electron chi connectivity index (χ3n) is 4.45. The summed E-state index contributed by atoms with van der Waals surface area (Å²) in [5.74, 6) is -0.244. The van der Waals surface area contributed by atoms with Gasteiger partial charge in [-0.25, -0.2) is 0 Å². The lowest BCUT2D eigenvalue weighted by atomic mass is 10.2. The van der Waals surface area contributed by atoms with Crippen LogP contribution in [0.15, 0.2) is 48.5 Å². The molecule has 0 aromatic heterocycles. The molecule has 1 aliphatic heterocycles. The average Bonchev–Trinajstić information content (AvgIpc) is 3.20. The molecular formula is C21H25N3O3. The zero-order valence-corrected chi connectivity index (χ0v) is 15.5. The Morgan fingerprint density at radius 3 is 2.41 bits per heavy atom. The van der Waals surface area contributed by atoms with Crippen LogP contribution in [0.25, 0.3) is 0 Å². The molecule has 6 heteroatoms. The van der Waals surface area contributed by atoms with Gasteiger partial charge in [0.25, 0.3) is 5.91 Å². The number of hydrogen-bond donors (Lipinski definition) is 3. The Kier molecular flexibility index (Phi) is 6.44. The summed E-state index contributed by atoms with van der Waals surface area (Å²) in [4.78, 5) is 24.2. The standard InChI is InChI=1S/C21H25N3O3/c1-15-4-8-18(9-5-15)24-20(25)14-22-17-10-6-16(7-11-17)21(26)23-13-19-3-2-12-27-19/h4-11,19,22H,2-3,12-14H2,1H3,(H,23,26)(H,24,25). The summed E-state index contributed by atoms with van der Waals surface area (Å²) in [6.45, 7) is 3.47.